The van der Waals surface area contributed by atoms with Crippen molar-refractivity contribution >= 4 is 0 Å². The van der Waals surface area contributed by atoms with Gasteiger partial charge in [-0.25, -0.2) is 4.39 Å². The van der Waals surface area contributed by atoms with Crippen LogP contribution in [0.2, 0.25) is 0 Å². The third-order valence-corrected chi connectivity index (χ3v) is 4.96. The lowest BCUT2D eigenvalue weighted by molar-refractivity contribution is 0.403. The van der Waals surface area contributed by atoms with Crippen LogP contribution in [0.4, 0.5) is 4.39 Å². The van der Waals surface area contributed by atoms with Crippen molar-refractivity contribution < 1.29 is 4.39 Å². The lowest BCUT2D eigenvalue weighted by atomic mass is 9.97. The van der Waals surface area contributed by atoms with Crippen molar-refractivity contribution in [1.82, 2.24) is 5.32 Å². The van der Waals surface area contributed by atoms with Gasteiger partial charge in [0, 0.05) is 6.04 Å². The van der Waals surface area contributed by atoms with E-state index in [0.717, 1.165) is 30.7 Å². The third kappa shape index (κ3) is 2.84. The molecule has 2 aliphatic carbocycles. The minimum Gasteiger partial charge on any atom is -0.313 e. The molecule has 3 unspecified atom stereocenters. The minimum absolute atomic E-state index is 0.134. The molecule has 19 heavy (non-hydrogen) atoms. The van der Waals surface area contributed by atoms with Gasteiger partial charge in [0.1, 0.15) is 5.82 Å². The zero-order valence-electron chi connectivity index (χ0n) is 11.7. The van der Waals surface area contributed by atoms with Crippen LogP contribution < -0.4 is 5.32 Å². The second kappa shape index (κ2) is 5.62. The van der Waals surface area contributed by atoms with E-state index in [0.29, 0.717) is 6.04 Å². The van der Waals surface area contributed by atoms with Gasteiger partial charge in [0.15, 0.2) is 0 Å². The molecule has 0 spiro atoms. The van der Waals surface area contributed by atoms with Gasteiger partial charge in [0.2, 0.25) is 0 Å². The van der Waals surface area contributed by atoms with E-state index in [2.05, 4.69) is 12.2 Å². The highest BCUT2D eigenvalue weighted by Crippen LogP contribution is 2.59. The fourth-order valence-corrected chi connectivity index (χ4v) is 4.02. The quantitative estimate of drug-likeness (QED) is 0.821. The normalized spacial score (nSPS) is 30.1. The van der Waals surface area contributed by atoms with Gasteiger partial charge in [-0.2, -0.15) is 0 Å². The Labute approximate surface area is 115 Å². The maximum absolute atomic E-state index is 13.0. The van der Waals surface area contributed by atoms with E-state index >= 15 is 0 Å². The van der Waals surface area contributed by atoms with Crippen molar-refractivity contribution in [2.45, 2.75) is 45.1 Å². The summed E-state index contributed by atoms with van der Waals surface area (Å²) in [5, 5.41) is 3.73. The fourth-order valence-electron chi connectivity index (χ4n) is 4.02. The van der Waals surface area contributed by atoms with Crippen LogP contribution in [-0.2, 0) is 6.42 Å². The van der Waals surface area contributed by atoms with E-state index < -0.39 is 0 Å². The monoisotopic (exact) mass is 261 g/mol. The number of fused-ring (bicyclic) bond motifs is 1. The Hall–Kier alpha value is -0.890. The SMILES string of the molecule is CCCNC(Cc1ccc(F)cc1)C1C2CCCC21. The average molecular weight is 261 g/mol. The first-order valence-corrected chi connectivity index (χ1v) is 7.77. The van der Waals surface area contributed by atoms with Crippen molar-refractivity contribution in [2.24, 2.45) is 17.8 Å². The lowest BCUT2D eigenvalue weighted by Gasteiger charge is -2.20. The Morgan fingerprint density at radius 3 is 2.53 bits per heavy atom. The Morgan fingerprint density at radius 1 is 1.21 bits per heavy atom. The molecule has 1 aromatic carbocycles. The van der Waals surface area contributed by atoms with Crippen LogP contribution in [0, 0.1) is 23.6 Å². The second-order valence-electron chi connectivity index (χ2n) is 6.23. The minimum atomic E-state index is -0.134. The van der Waals surface area contributed by atoms with E-state index in [1.807, 2.05) is 12.1 Å². The molecule has 2 fully saturated rings. The van der Waals surface area contributed by atoms with Crippen molar-refractivity contribution in [2.75, 3.05) is 6.54 Å². The van der Waals surface area contributed by atoms with E-state index in [9.17, 15) is 4.39 Å². The maximum Gasteiger partial charge on any atom is 0.123 e. The molecule has 0 aliphatic heterocycles. The molecule has 0 amide bonds. The highest BCUT2D eigenvalue weighted by Gasteiger charge is 2.55. The Kier molecular flexibility index (Phi) is 3.88. The summed E-state index contributed by atoms with van der Waals surface area (Å²) in [6, 6.07) is 7.64. The van der Waals surface area contributed by atoms with Crippen LogP contribution in [0.25, 0.3) is 0 Å². The molecule has 0 heterocycles. The van der Waals surface area contributed by atoms with Crippen LogP contribution >= 0.6 is 0 Å². The summed E-state index contributed by atoms with van der Waals surface area (Å²) < 4.78 is 13.0. The van der Waals surface area contributed by atoms with Crippen LogP contribution in [-0.4, -0.2) is 12.6 Å². The largest absolute Gasteiger partial charge is 0.313 e. The number of hydrogen-bond donors (Lipinski definition) is 1. The summed E-state index contributed by atoms with van der Waals surface area (Å²) in [7, 11) is 0. The Morgan fingerprint density at radius 2 is 1.89 bits per heavy atom. The van der Waals surface area contributed by atoms with E-state index in [1.54, 1.807) is 12.1 Å². The topological polar surface area (TPSA) is 12.0 Å². The first-order valence-electron chi connectivity index (χ1n) is 7.77. The molecule has 104 valence electrons. The van der Waals surface area contributed by atoms with Gasteiger partial charge in [-0.15, -0.1) is 0 Å². The zero-order chi connectivity index (χ0) is 13.2. The first-order chi connectivity index (χ1) is 9.29. The summed E-state index contributed by atoms with van der Waals surface area (Å²) in [6.07, 6.45) is 6.54. The lowest BCUT2D eigenvalue weighted by Crippen LogP contribution is -2.35. The summed E-state index contributed by atoms with van der Waals surface area (Å²) >= 11 is 0. The molecule has 1 N–H and O–H groups in total. The van der Waals surface area contributed by atoms with Crippen molar-refractivity contribution in [3.8, 4) is 0 Å². The zero-order valence-corrected chi connectivity index (χ0v) is 11.7. The molecular formula is C17H24FN. The summed E-state index contributed by atoms with van der Waals surface area (Å²) in [6.45, 7) is 3.32. The molecule has 0 saturated heterocycles. The number of nitrogens with one attached hydrogen (secondary N) is 1. The van der Waals surface area contributed by atoms with Crippen LogP contribution in [0.1, 0.15) is 38.2 Å². The number of hydrogen-bond acceptors (Lipinski definition) is 1. The Balaban J connectivity index is 1.64. The summed E-state index contributed by atoms with van der Waals surface area (Å²) in [5.74, 6) is 2.71. The molecule has 2 aliphatic rings. The molecule has 0 bridgehead atoms. The molecule has 3 rings (SSSR count). The van der Waals surface area contributed by atoms with Gasteiger partial charge in [-0.3, -0.25) is 0 Å². The van der Waals surface area contributed by atoms with Crippen LogP contribution in [0.3, 0.4) is 0 Å². The van der Waals surface area contributed by atoms with Gasteiger partial charge < -0.3 is 5.32 Å². The number of rotatable bonds is 6. The van der Waals surface area contributed by atoms with Gasteiger partial charge in [-0.05, 0) is 67.7 Å². The second-order valence-corrected chi connectivity index (χ2v) is 6.23. The van der Waals surface area contributed by atoms with Gasteiger partial charge in [0.05, 0.1) is 0 Å². The van der Waals surface area contributed by atoms with E-state index in [4.69, 9.17) is 0 Å². The van der Waals surface area contributed by atoms with Gasteiger partial charge in [-0.1, -0.05) is 25.5 Å². The van der Waals surface area contributed by atoms with Crippen molar-refractivity contribution in [1.29, 1.82) is 0 Å². The van der Waals surface area contributed by atoms with E-state index in [-0.39, 0.29) is 5.82 Å². The summed E-state index contributed by atoms with van der Waals surface area (Å²) in [4.78, 5) is 0. The number of benzene rings is 1. The smallest absolute Gasteiger partial charge is 0.123 e. The Bertz CT molecular complexity index is 404. The molecule has 3 atom stereocenters. The fraction of sp³-hybridized carbons (Fsp3) is 0.647. The summed E-state index contributed by atoms with van der Waals surface area (Å²) in [5.41, 5.74) is 1.26. The molecule has 2 heteroatoms. The van der Waals surface area contributed by atoms with Crippen molar-refractivity contribution in [3.63, 3.8) is 0 Å². The molecule has 0 aromatic heterocycles. The highest BCUT2D eigenvalue weighted by atomic mass is 19.1. The van der Waals surface area contributed by atoms with Crippen LogP contribution in [0.5, 0.6) is 0 Å². The predicted octanol–water partition coefficient (Wildman–Crippen LogP) is 3.78. The average Bonchev–Trinajstić information content (AvgIpc) is 2.90. The number of halogens is 1. The third-order valence-electron chi connectivity index (χ3n) is 4.96. The highest BCUT2D eigenvalue weighted by molar-refractivity contribution is 5.19. The molecular weight excluding hydrogens is 237 g/mol. The maximum atomic E-state index is 13.0. The molecule has 1 aromatic rings. The van der Waals surface area contributed by atoms with Gasteiger partial charge >= 0.3 is 0 Å². The van der Waals surface area contributed by atoms with Crippen molar-refractivity contribution in [3.05, 3.63) is 35.6 Å². The van der Waals surface area contributed by atoms with E-state index in [1.165, 1.54) is 31.2 Å². The standard InChI is InChI=1S/C17H24FN/c1-2-10-19-16(17-14-4-3-5-15(14)17)11-12-6-8-13(18)9-7-12/h6-9,14-17,19H,2-5,10-11H2,1H3. The predicted molar refractivity (Wildman–Crippen MR) is 76.5 cm³/mol. The first kappa shape index (κ1) is 13.1. The molecule has 0 radical (unpaired) electrons. The van der Waals surface area contributed by atoms with Crippen LogP contribution in [0.15, 0.2) is 24.3 Å². The molecule has 1 nitrogen and oxygen atoms in total. The van der Waals surface area contributed by atoms with Gasteiger partial charge in [0.25, 0.3) is 0 Å². The molecule has 2 saturated carbocycles.